The molecule has 1 heterocycles. The summed E-state index contributed by atoms with van der Waals surface area (Å²) in [5.41, 5.74) is 0. The second-order valence-corrected chi connectivity index (χ2v) is 5.98. The maximum Gasteiger partial charge on any atom is 0.119 e. The van der Waals surface area contributed by atoms with Gasteiger partial charge in [-0.2, -0.15) is 0 Å². The van der Waals surface area contributed by atoms with Gasteiger partial charge < -0.3 is 15.2 Å². The predicted molar refractivity (Wildman–Crippen MR) is 90.9 cm³/mol. The van der Waals surface area contributed by atoms with Crippen LogP contribution in [0.1, 0.15) is 17.8 Å². The molecule has 0 radical (unpaired) electrons. The van der Waals surface area contributed by atoms with E-state index in [1.54, 1.807) is 35.6 Å². The van der Waals surface area contributed by atoms with Crippen LogP contribution in [0, 0.1) is 0 Å². The number of aliphatic hydroxyl groups excluding tert-OH is 1. The van der Waals surface area contributed by atoms with Crippen molar-refractivity contribution in [2.24, 2.45) is 0 Å². The highest BCUT2D eigenvalue weighted by molar-refractivity contribution is 7.10. The highest BCUT2D eigenvalue weighted by Crippen LogP contribution is 2.18. The molecule has 2 aromatic rings. The lowest BCUT2D eigenvalue weighted by Gasteiger charge is -2.16. The van der Waals surface area contributed by atoms with Gasteiger partial charge in [-0.05, 0) is 42.6 Å². The molecule has 2 N–H and O–H groups in total. The quantitative estimate of drug-likeness (QED) is 0.797. The van der Waals surface area contributed by atoms with Gasteiger partial charge in [0.15, 0.2) is 0 Å². The molecule has 2 rings (SSSR count). The van der Waals surface area contributed by atoms with Crippen LogP contribution in [0.5, 0.6) is 5.75 Å². The van der Waals surface area contributed by atoms with Crippen LogP contribution in [0.2, 0.25) is 5.02 Å². The largest absolute Gasteiger partial charge is 0.491 e. The summed E-state index contributed by atoms with van der Waals surface area (Å²) in [4.78, 5) is 1.26. The van der Waals surface area contributed by atoms with Gasteiger partial charge in [0.1, 0.15) is 18.5 Å². The van der Waals surface area contributed by atoms with Gasteiger partial charge in [0, 0.05) is 22.5 Å². The van der Waals surface area contributed by atoms with Gasteiger partial charge >= 0.3 is 0 Å². The Kier molecular flexibility index (Phi) is 8.07. The first-order valence-corrected chi connectivity index (χ1v) is 7.74. The van der Waals surface area contributed by atoms with Crippen molar-refractivity contribution in [3.63, 3.8) is 0 Å². The fourth-order valence-corrected chi connectivity index (χ4v) is 2.62. The first-order chi connectivity index (χ1) is 9.65. The lowest BCUT2D eigenvalue weighted by molar-refractivity contribution is 0.104. The van der Waals surface area contributed by atoms with Gasteiger partial charge in [-0.1, -0.05) is 17.7 Å². The zero-order chi connectivity index (χ0) is 14.4. The summed E-state index contributed by atoms with van der Waals surface area (Å²) in [5.74, 6) is 0.708. The third kappa shape index (κ3) is 6.24. The van der Waals surface area contributed by atoms with Crippen LogP contribution in [0.4, 0.5) is 0 Å². The number of hydrogen-bond donors (Lipinski definition) is 2. The van der Waals surface area contributed by atoms with E-state index in [4.69, 9.17) is 16.3 Å². The van der Waals surface area contributed by atoms with Gasteiger partial charge in [-0.3, -0.25) is 0 Å². The molecule has 0 fully saturated rings. The summed E-state index contributed by atoms with van der Waals surface area (Å²) in [5, 5.41) is 15.9. The lowest BCUT2D eigenvalue weighted by atomic mass is 10.2. The van der Waals surface area contributed by atoms with Crippen LogP contribution in [0.25, 0.3) is 0 Å². The molecular weight excluding hydrogens is 329 g/mol. The second kappa shape index (κ2) is 9.28. The summed E-state index contributed by atoms with van der Waals surface area (Å²) in [6, 6.07) is 11.5. The number of halogens is 2. The molecule has 1 aromatic heterocycles. The predicted octanol–water partition coefficient (Wildman–Crippen LogP) is 3.91. The first-order valence-electron chi connectivity index (χ1n) is 6.48. The zero-order valence-corrected chi connectivity index (χ0v) is 14.0. The highest BCUT2D eigenvalue weighted by Gasteiger charge is 2.10. The maximum absolute atomic E-state index is 9.90. The molecule has 0 aliphatic rings. The molecule has 0 aliphatic heterocycles. The Labute approximate surface area is 140 Å². The smallest absolute Gasteiger partial charge is 0.119 e. The van der Waals surface area contributed by atoms with E-state index in [-0.39, 0.29) is 25.1 Å². The van der Waals surface area contributed by atoms with Crippen molar-refractivity contribution in [2.45, 2.75) is 19.1 Å². The molecule has 3 nitrogen and oxygen atoms in total. The summed E-state index contributed by atoms with van der Waals surface area (Å²) in [7, 11) is 0. The minimum atomic E-state index is -0.548. The average molecular weight is 348 g/mol. The number of nitrogens with one attached hydrogen (secondary N) is 1. The van der Waals surface area contributed by atoms with Gasteiger partial charge in [-0.15, -0.1) is 23.7 Å². The summed E-state index contributed by atoms with van der Waals surface area (Å²) < 4.78 is 5.50. The van der Waals surface area contributed by atoms with Gasteiger partial charge in [0.25, 0.3) is 0 Å². The fraction of sp³-hybridized carbons (Fsp3) is 0.333. The molecule has 0 amide bonds. The lowest BCUT2D eigenvalue weighted by Crippen LogP contribution is -2.32. The summed E-state index contributed by atoms with van der Waals surface area (Å²) in [6.07, 6.45) is -0.548. The van der Waals surface area contributed by atoms with Crippen molar-refractivity contribution in [1.82, 2.24) is 5.32 Å². The monoisotopic (exact) mass is 347 g/mol. The van der Waals surface area contributed by atoms with Crippen LogP contribution < -0.4 is 10.1 Å². The topological polar surface area (TPSA) is 41.5 Å². The third-order valence-corrected chi connectivity index (χ3v) is 4.19. The van der Waals surface area contributed by atoms with E-state index in [0.29, 0.717) is 17.3 Å². The standard InChI is InChI=1S/C15H18ClNO2S.ClH/c1-11(15-3-2-8-20-15)17-9-13(18)10-19-14-6-4-12(16)5-7-14;/h2-8,11,13,17-18H,9-10H2,1H3;1H. The van der Waals surface area contributed by atoms with E-state index in [9.17, 15) is 5.11 Å². The molecule has 0 bridgehead atoms. The van der Waals surface area contributed by atoms with Crippen molar-refractivity contribution < 1.29 is 9.84 Å². The van der Waals surface area contributed by atoms with Gasteiger partial charge in [0.05, 0.1) is 0 Å². The number of thiophene rings is 1. The van der Waals surface area contributed by atoms with E-state index >= 15 is 0 Å². The minimum absolute atomic E-state index is 0. The number of benzene rings is 1. The van der Waals surface area contributed by atoms with Crippen LogP contribution in [-0.2, 0) is 0 Å². The maximum atomic E-state index is 9.90. The van der Waals surface area contributed by atoms with Crippen molar-refractivity contribution in [3.05, 3.63) is 51.7 Å². The molecule has 1 aromatic carbocycles. The molecule has 0 saturated heterocycles. The summed E-state index contributed by atoms with van der Waals surface area (Å²) >= 11 is 7.50. The molecule has 0 aliphatic carbocycles. The molecule has 0 spiro atoms. The SMILES string of the molecule is CC(NCC(O)COc1ccc(Cl)cc1)c1cccs1.Cl. The van der Waals surface area contributed by atoms with Crippen LogP contribution in [-0.4, -0.2) is 24.4 Å². The molecule has 6 heteroatoms. The Morgan fingerprint density at radius 3 is 2.62 bits per heavy atom. The van der Waals surface area contributed by atoms with E-state index in [1.165, 1.54) is 4.88 Å². The number of ether oxygens (including phenoxy) is 1. The van der Waals surface area contributed by atoms with Crippen molar-refractivity contribution in [2.75, 3.05) is 13.2 Å². The highest BCUT2D eigenvalue weighted by atomic mass is 35.5. The minimum Gasteiger partial charge on any atom is -0.491 e. The number of aliphatic hydroxyl groups is 1. The van der Waals surface area contributed by atoms with Crippen LogP contribution in [0.15, 0.2) is 41.8 Å². The van der Waals surface area contributed by atoms with Crippen molar-refractivity contribution in [3.8, 4) is 5.75 Å². The van der Waals surface area contributed by atoms with Crippen molar-refractivity contribution >= 4 is 35.3 Å². The van der Waals surface area contributed by atoms with E-state index in [0.717, 1.165) is 0 Å². The Balaban J connectivity index is 0.00000220. The molecule has 116 valence electrons. The third-order valence-electron chi connectivity index (χ3n) is 2.89. The Bertz CT molecular complexity index is 505. The number of rotatable bonds is 7. The fourth-order valence-electron chi connectivity index (χ4n) is 1.73. The Hall–Kier alpha value is -0.780. The first kappa shape index (κ1) is 18.3. The number of hydrogen-bond acceptors (Lipinski definition) is 4. The average Bonchev–Trinajstić information content (AvgIpc) is 2.98. The molecule has 2 unspecified atom stereocenters. The molecule has 21 heavy (non-hydrogen) atoms. The Morgan fingerprint density at radius 2 is 2.00 bits per heavy atom. The normalized spacial score (nSPS) is 13.3. The van der Waals surface area contributed by atoms with Crippen LogP contribution in [0.3, 0.4) is 0 Å². The van der Waals surface area contributed by atoms with E-state index in [2.05, 4.69) is 18.3 Å². The summed E-state index contributed by atoms with van der Waals surface area (Å²) in [6.45, 7) is 2.83. The molecule has 0 saturated carbocycles. The molecular formula is C15H19Cl2NO2S. The van der Waals surface area contributed by atoms with E-state index in [1.807, 2.05) is 11.4 Å². The Morgan fingerprint density at radius 1 is 1.29 bits per heavy atom. The van der Waals surface area contributed by atoms with Gasteiger partial charge in [0.2, 0.25) is 0 Å². The van der Waals surface area contributed by atoms with E-state index < -0.39 is 6.10 Å². The second-order valence-electron chi connectivity index (χ2n) is 4.56. The molecule has 2 atom stereocenters. The van der Waals surface area contributed by atoms with Crippen LogP contribution >= 0.6 is 35.3 Å². The zero-order valence-electron chi connectivity index (χ0n) is 11.7. The van der Waals surface area contributed by atoms with Crippen molar-refractivity contribution in [1.29, 1.82) is 0 Å². The van der Waals surface area contributed by atoms with Gasteiger partial charge in [-0.25, -0.2) is 0 Å².